The number of hydrogen-bond donors (Lipinski definition) is 1. The number of aliphatic hydroxyl groups excluding tert-OH is 1. The lowest BCUT2D eigenvalue weighted by molar-refractivity contribution is 0.0281. The van der Waals surface area contributed by atoms with Gasteiger partial charge in [-0.25, -0.2) is 8.42 Å². The Morgan fingerprint density at radius 3 is 2.42 bits per heavy atom. The minimum Gasteiger partial charge on any atom is -0.395 e. The van der Waals surface area contributed by atoms with Crippen LogP contribution in [0.25, 0.3) is 0 Å². The van der Waals surface area contributed by atoms with Gasteiger partial charge in [0.15, 0.2) is 9.84 Å². The first-order valence-corrected chi connectivity index (χ1v) is 11.1. The molecule has 2 unspecified atom stereocenters. The lowest BCUT2D eigenvalue weighted by atomic mass is 10.00. The molecule has 0 radical (unpaired) electrons. The van der Waals surface area contributed by atoms with Crippen molar-refractivity contribution in [3.05, 3.63) is 35.4 Å². The first-order valence-electron chi connectivity index (χ1n) is 9.26. The van der Waals surface area contributed by atoms with E-state index in [1.54, 1.807) is 4.90 Å². The third-order valence-corrected chi connectivity index (χ3v) is 6.98. The van der Waals surface area contributed by atoms with E-state index in [0.29, 0.717) is 31.1 Å². The smallest absolute Gasteiger partial charge is 0.254 e. The molecule has 2 aliphatic rings. The number of hydrogen-bond acceptors (Lipinski definition) is 5. The largest absolute Gasteiger partial charge is 0.395 e. The summed E-state index contributed by atoms with van der Waals surface area (Å²) < 4.78 is 24.3. The maximum absolute atomic E-state index is 13.0. The molecule has 0 saturated carbocycles. The molecule has 0 aromatic heterocycles. The normalized spacial score (nSPS) is 25.5. The molecule has 1 aromatic carbocycles. The van der Waals surface area contributed by atoms with Crippen molar-refractivity contribution in [1.29, 1.82) is 0 Å². The van der Waals surface area contributed by atoms with Crippen LogP contribution >= 0.6 is 0 Å². The first-order chi connectivity index (χ1) is 12.3. The Labute approximate surface area is 155 Å². The number of carbonyl (C=O) groups excluding carboxylic acids is 1. The van der Waals surface area contributed by atoms with E-state index in [2.05, 4.69) is 13.8 Å². The zero-order valence-corrected chi connectivity index (χ0v) is 16.3. The molecule has 144 valence electrons. The van der Waals surface area contributed by atoms with Gasteiger partial charge in [-0.2, -0.15) is 0 Å². The van der Waals surface area contributed by atoms with Gasteiger partial charge in [0.05, 0.1) is 24.2 Å². The first kappa shape index (κ1) is 19.3. The molecule has 2 fully saturated rings. The highest BCUT2D eigenvalue weighted by Gasteiger charge is 2.47. The molecule has 1 amide bonds. The van der Waals surface area contributed by atoms with Crippen molar-refractivity contribution in [3.63, 3.8) is 0 Å². The van der Waals surface area contributed by atoms with Crippen LogP contribution in [0.3, 0.4) is 0 Å². The maximum Gasteiger partial charge on any atom is 0.254 e. The summed E-state index contributed by atoms with van der Waals surface area (Å²) in [4.78, 5) is 16.7. The van der Waals surface area contributed by atoms with Crippen LogP contribution < -0.4 is 0 Å². The molecule has 1 aromatic rings. The van der Waals surface area contributed by atoms with Crippen LogP contribution in [0.15, 0.2) is 24.3 Å². The molecule has 6 nitrogen and oxygen atoms in total. The standard InChI is InChI=1S/C19H28N2O4S/c1-14(2)11-15-3-5-16(6-4-15)19(23)21-8-7-20(9-10-22)17-12-26(24,25)13-18(17)21/h3-6,14,17-18,22H,7-13H2,1-2H3. The molecule has 7 heteroatoms. The van der Waals surface area contributed by atoms with Crippen LogP contribution in [0.1, 0.15) is 29.8 Å². The second kappa shape index (κ2) is 7.66. The Morgan fingerprint density at radius 2 is 1.81 bits per heavy atom. The summed E-state index contributed by atoms with van der Waals surface area (Å²) in [5.41, 5.74) is 1.81. The van der Waals surface area contributed by atoms with E-state index < -0.39 is 9.84 Å². The predicted molar refractivity (Wildman–Crippen MR) is 101 cm³/mol. The van der Waals surface area contributed by atoms with Gasteiger partial charge in [-0.05, 0) is 30.0 Å². The van der Waals surface area contributed by atoms with Crippen molar-refractivity contribution in [2.75, 3.05) is 37.7 Å². The summed E-state index contributed by atoms with van der Waals surface area (Å²) >= 11 is 0. The predicted octanol–water partition coefficient (Wildman–Crippen LogP) is 0.801. The van der Waals surface area contributed by atoms with Gasteiger partial charge in [0, 0.05) is 31.2 Å². The Balaban J connectivity index is 1.79. The van der Waals surface area contributed by atoms with Crippen molar-refractivity contribution in [3.8, 4) is 0 Å². The van der Waals surface area contributed by atoms with Crippen LogP contribution in [-0.4, -0.2) is 79.1 Å². The number of benzene rings is 1. The highest BCUT2D eigenvalue weighted by molar-refractivity contribution is 7.91. The summed E-state index contributed by atoms with van der Waals surface area (Å²) in [5, 5.41) is 9.24. The zero-order valence-electron chi connectivity index (χ0n) is 15.5. The Hall–Kier alpha value is -1.44. The van der Waals surface area contributed by atoms with Crippen molar-refractivity contribution in [2.45, 2.75) is 32.4 Å². The van der Waals surface area contributed by atoms with Gasteiger partial charge in [0.25, 0.3) is 5.91 Å². The molecular formula is C19H28N2O4S. The highest BCUT2D eigenvalue weighted by atomic mass is 32.2. The third kappa shape index (κ3) is 4.10. The molecule has 2 saturated heterocycles. The molecule has 2 atom stereocenters. The molecule has 0 spiro atoms. The lowest BCUT2D eigenvalue weighted by Gasteiger charge is -2.43. The number of rotatable bonds is 5. The van der Waals surface area contributed by atoms with Crippen molar-refractivity contribution in [2.24, 2.45) is 5.92 Å². The van der Waals surface area contributed by atoms with E-state index in [9.17, 15) is 18.3 Å². The van der Waals surface area contributed by atoms with Gasteiger partial charge in [0.2, 0.25) is 0 Å². The fraction of sp³-hybridized carbons (Fsp3) is 0.632. The van der Waals surface area contributed by atoms with Gasteiger partial charge < -0.3 is 10.0 Å². The number of amides is 1. The molecular weight excluding hydrogens is 352 g/mol. The molecule has 1 N–H and O–H groups in total. The number of aliphatic hydroxyl groups is 1. The van der Waals surface area contributed by atoms with E-state index in [0.717, 1.165) is 6.42 Å². The second-order valence-corrected chi connectivity index (χ2v) is 9.92. The van der Waals surface area contributed by atoms with Crippen molar-refractivity contribution >= 4 is 15.7 Å². The van der Waals surface area contributed by atoms with Crippen LogP contribution in [0, 0.1) is 5.92 Å². The van der Waals surface area contributed by atoms with E-state index >= 15 is 0 Å². The number of carbonyl (C=O) groups is 1. The Bertz CT molecular complexity index is 745. The minimum atomic E-state index is -3.17. The van der Waals surface area contributed by atoms with Crippen LogP contribution in [-0.2, 0) is 16.3 Å². The van der Waals surface area contributed by atoms with Gasteiger partial charge in [-0.3, -0.25) is 9.69 Å². The zero-order chi connectivity index (χ0) is 18.9. The summed E-state index contributed by atoms with van der Waals surface area (Å²) in [7, 11) is -3.17. The van der Waals surface area contributed by atoms with Crippen LogP contribution in [0.5, 0.6) is 0 Å². The van der Waals surface area contributed by atoms with Gasteiger partial charge in [0.1, 0.15) is 0 Å². The summed E-state index contributed by atoms with van der Waals surface area (Å²) in [6.45, 7) is 5.84. The van der Waals surface area contributed by atoms with Crippen LogP contribution in [0.2, 0.25) is 0 Å². The monoisotopic (exact) mass is 380 g/mol. The molecule has 0 bridgehead atoms. The Kier molecular flexibility index (Phi) is 5.69. The molecule has 3 rings (SSSR count). The van der Waals surface area contributed by atoms with Gasteiger partial charge in [-0.1, -0.05) is 26.0 Å². The number of sulfone groups is 1. The number of nitrogens with zero attached hydrogens (tertiary/aromatic N) is 2. The number of piperazine rings is 1. The third-order valence-electron chi connectivity index (χ3n) is 5.28. The molecule has 26 heavy (non-hydrogen) atoms. The van der Waals surface area contributed by atoms with Crippen molar-refractivity contribution < 1.29 is 18.3 Å². The van der Waals surface area contributed by atoms with Gasteiger partial charge >= 0.3 is 0 Å². The molecule has 2 heterocycles. The topological polar surface area (TPSA) is 77.9 Å². The quantitative estimate of drug-likeness (QED) is 0.818. The average molecular weight is 381 g/mol. The fourth-order valence-corrected chi connectivity index (χ4v) is 6.12. The van der Waals surface area contributed by atoms with Gasteiger partial charge in [-0.15, -0.1) is 0 Å². The minimum absolute atomic E-state index is 0.00543. The second-order valence-electron chi connectivity index (χ2n) is 7.76. The number of fused-ring (bicyclic) bond motifs is 1. The average Bonchev–Trinajstić information content (AvgIpc) is 2.90. The maximum atomic E-state index is 13.0. The highest BCUT2D eigenvalue weighted by Crippen LogP contribution is 2.28. The fourth-order valence-electron chi connectivity index (χ4n) is 4.10. The molecule has 2 aliphatic heterocycles. The van der Waals surface area contributed by atoms with E-state index in [1.165, 1.54) is 5.56 Å². The Morgan fingerprint density at radius 1 is 1.15 bits per heavy atom. The molecule has 0 aliphatic carbocycles. The SMILES string of the molecule is CC(C)Cc1ccc(C(=O)N2CCN(CCO)C3CS(=O)(=O)CC32)cc1. The van der Waals surface area contributed by atoms with Crippen molar-refractivity contribution in [1.82, 2.24) is 9.80 Å². The van der Waals surface area contributed by atoms with E-state index in [4.69, 9.17) is 0 Å². The van der Waals surface area contributed by atoms with E-state index in [-0.39, 0.29) is 36.1 Å². The summed E-state index contributed by atoms with van der Waals surface area (Å²) in [6, 6.07) is 7.11. The lowest BCUT2D eigenvalue weighted by Crippen LogP contribution is -2.61. The van der Waals surface area contributed by atoms with E-state index in [1.807, 2.05) is 29.2 Å². The number of β-amino-alcohol motifs (C(OH)–C–C–N with tert-alkyl or cyclic N) is 1. The summed E-state index contributed by atoms with van der Waals surface area (Å²) in [5.74, 6) is 0.531. The van der Waals surface area contributed by atoms with Crippen LogP contribution in [0.4, 0.5) is 0 Å². The summed E-state index contributed by atoms with van der Waals surface area (Å²) in [6.07, 6.45) is 0.969.